The van der Waals surface area contributed by atoms with Crippen LogP contribution in [0.25, 0.3) is 0 Å². The fourth-order valence-electron chi connectivity index (χ4n) is 1.33. The molecule has 0 fully saturated rings. The molecule has 0 aliphatic carbocycles. The fourth-order valence-corrected chi connectivity index (χ4v) is 2.67. The van der Waals surface area contributed by atoms with Crippen LogP contribution >= 0.6 is 0 Å². The molecule has 0 aromatic carbocycles. The molecule has 102 valence electrons. The van der Waals surface area contributed by atoms with Crippen LogP contribution in [0.3, 0.4) is 0 Å². The minimum absolute atomic E-state index is 0.0737. The van der Waals surface area contributed by atoms with Crippen molar-refractivity contribution in [3.8, 4) is 0 Å². The first-order valence-electron chi connectivity index (χ1n) is 5.57. The molecule has 1 atom stereocenters. The van der Waals surface area contributed by atoms with E-state index in [-0.39, 0.29) is 30.9 Å². The topological polar surface area (TPSA) is 83.5 Å². The van der Waals surface area contributed by atoms with Crippen LogP contribution in [0, 0.1) is 5.92 Å². The summed E-state index contributed by atoms with van der Waals surface area (Å²) in [5, 5.41) is 8.87. The lowest BCUT2D eigenvalue weighted by molar-refractivity contribution is -0.139. The highest BCUT2D eigenvalue weighted by Crippen LogP contribution is 2.07. The van der Waals surface area contributed by atoms with Gasteiger partial charge in [0.15, 0.2) is 0 Å². The van der Waals surface area contributed by atoms with Gasteiger partial charge in [0.1, 0.15) is 6.04 Å². The Hall–Kier alpha value is -0.690. The summed E-state index contributed by atoms with van der Waals surface area (Å²) in [5.74, 6) is -1.35. The SMILES string of the molecule is CC(C)C[C@@H](NS(=O)(=O)CCCCF)C(=O)O. The molecule has 0 aromatic rings. The Labute approximate surface area is 101 Å². The summed E-state index contributed by atoms with van der Waals surface area (Å²) in [6, 6.07) is -1.11. The first kappa shape index (κ1) is 16.3. The van der Waals surface area contributed by atoms with Crippen LogP contribution in [0.1, 0.15) is 33.1 Å². The number of halogens is 1. The lowest BCUT2D eigenvalue weighted by Crippen LogP contribution is -2.42. The van der Waals surface area contributed by atoms with Gasteiger partial charge in [-0.3, -0.25) is 9.18 Å². The van der Waals surface area contributed by atoms with Crippen molar-refractivity contribution < 1.29 is 22.7 Å². The van der Waals surface area contributed by atoms with E-state index in [1.807, 2.05) is 13.8 Å². The first-order valence-corrected chi connectivity index (χ1v) is 7.22. The van der Waals surface area contributed by atoms with Gasteiger partial charge >= 0.3 is 5.97 Å². The quantitative estimate of drug-likeness (QED) is 0.615. The van der Waals surface area contributed by atoms with Gasteiger partial charge in [-0.2, -0.15) is 0 Å². The number of nitrogens with one attached hydrogen (secondary N) is 1. The first-order chi connectivity index (χ1) is 7.78. The Bertz CT molecular complexity index is 329. The molecule has 0 saturated carbocycles. The average Bonchev–Trinajstić information content (AvgIpc) is 2.15. The molecule has 0 rings (SSSR count). The summed E-state index contributed by atoms with van der Waals surface area (Å²) in [6.45, 7) is 3.06. The maximum Gasteiger partial charge on any atom is 0.321 e. The van der Waals surface area contributed by atoms with E-state index in [0.717, 1.165) is 0 Å². The number of hydrogen-bond acceptors (Lipinski definition) is 3. The van der Waals surface area contributed by atoms with Crippen LogP contribution in [0.4, 0.5) is 4.39 Å². The molecule has 0 spiro atoms. The molecule has 0 aliphatic heterocycles. The molecule has 0 bridgehead atoms. The van der Waals surface area contributed by atoms with Crippen LogP contribution in [0.15, 0.2) is 0 Å². The van der Waals surface area contributed by atoms with Crippen molar-refractivity contribution in [1.82, 2.24) is 4.72 Å². The largest absolute Gasteiger partial charge is 0.480 e. The normalized spacial score (nSPS) is 13.9. The van der Waals surface area contributed by atoms with Crippen molar-refractivity contribution in [3.63, 3.8) is 0 Å². The monoisotopic (exact) mass is 269 g/mol. The number of carboxylic acid groups (broad SMARTS) is 1. The smallest absolute Gasteiger partial charge is 0.321 e. The summed E-state index contributed by atoms with van der Waals surface area (Å²) < 4.78 is 37.0. The molecule has 0 unspecified atom stereocenters. The Morgan fingerprint density at radius 1 is 1.35 bits per heavy atom. The summed E-state index contributed by atoms with van der Waals surface area (Å²) in [4.78, 5) is 10.9. The zero-order chi connectivity index (χ0) is 13.5. The van der Waals surface area contributed by atoms with Crippen molar-refractivity contribution in [1.29, 1.82) is 0 Å². The summed E-state index contributed by atoms with van der Waals surface area (Å²) in [5.41, 5.74) is 0. The van der Waals surface area contributed by atoms with Crippen LogP contribution in [0.2, 0.25) is 0 Å². The maximum atomic E-state index is 11.8. The molecule has 2 N–H and O–H groups in total. The van der Waals surface area contributed by atoms with Gasteiger partial charge < -0.3 is 5.11 Å². The average molecular weight is 269 g/mol. The Balaban J connectivity index is 4.37. The van der Waals surface area contributed by atoms with E-state index in [1.54, 1.807) is 0 Å². The molecular formula is C10H20FNO4S. The van der Waals surface area contributed by atoms with Crippen LogP contribution in [-0.2, 0) is 14.8 Å². The van der Waals surface area contributed by atoms with Gasteiger partial charge in [-0.1, -0.05) is 13.8 Å². The number of rotatable bonds is 9. The lowest BCUT2D eigenvalue weighted by atomic mass is 10.1. The van der Waals surface area contributed by atoms with E-state index in [1.165, 1.54) is 0 Å². The molecule has 5 nitrogen and oxygen atoms in total. The number of carbonyl (C=O) groups is 1. The molecule has 0 aromatic heterocycles. The molecule has 0 amide bonds. The lowest BCUT2D eigenvalue weighted by Gasteiger charge is -2.16. The van der Waals surface area contributed by atoms with Crippen molar-refractivity contribution in [2.75, 3.05) is 12.4 Å². The van der Waals surface area contributed by atoms with Crippen molar-refractivity contribution >= 4 is 16.0 Å². The number of alkyl halides is 1. The second-order valence-corrected chi connectivity index (χ2v) is 6.23. The molecule has 0 saturated heterocycles. The van der Waals surface area contributed by atoms with E-state index in [9.17, 15) is 17.6 Å². The van der Waals surface area contributed by atoms with Gasteiger partial charge in [-0.25, -0.2) is 13.1 Å². The van der Waals surface area contributed by atoms with Crippen LogP contribution in [-0.4, -0.2) is 38.0 Å². The van der Waals surface area contributed by atoms with Crippen LogP contribution in [0.5, 0.6) is 0 Å². The fraction of sp³-hybridized carbons (Fsp3) is 0.900. The highest BCUT2D eigenvalue weighted by molar-refractivity contribution is 7.89. The highest BCUT2D eigenvalue weighted by atomic mass is 32.2. The highest BCUT2D eigenvalue weighted by Gasteiger charge is 2.24. The second-order valence-electron chi connectivity index (χ2n) is 4.35. The van der Waals surface area contributed by atoms with Gasteiger partial charge in [0.25, 0.3) is 0 Å². The van der Waals surface area contributed by atoms with Gasteiger partial charge in [0, 0.05) is 0 Å². The van der Waals surface area contributed by atoms with Crippen molar-refractivity contribution in [3.05, 3.63) is 0 Å². The third-order valence-electron chi connectivity index (χ3n) is 2.12. The Kier molecular flexibility index (Phi) is 7.29. The number of carboxylic acids is 1. The molecule has 17 heavy (non-hydrogen) atoms. The summed E-state index contributed by atoms with van der Waals surface area (Å²) >= 11 is 0. The predicted octanol–water partition coefficient (Wildman–Crippen LogP) is 1.15. The number of aliphatic carboxylic acids is 1. The molecule has 0 radical (unpaired) electrons. The van der Waals surface area contributed by atoms with E-state index in [2.05, 4.69) is 4.72 Å². The predicted molar refractivity (Wildman–Crippen MR) is 63.0 cm³/mol. The van der Waals surface area contributed by atoms with Gasteiger partial charge in [0.2, 0.25) is 10.0 Å². The van der Waals surface area contributed by atoms with E-state index < -0.39 is 28.7 Å². The third kappa shape index (κ3) is 8.09. The van der Waals surface area contributed by atoms with Crippen LogP contribution < -0.4 is 4.72 Å². The molecular weight excluding hydrogens is 249 g/mol. The number of hydrogen-bond donors (Lipinski definition) is 2. The zero-order valence-corrected chi connectivity index (χ0v) is 11.0. The third-order valence-corrected chi connectivity index (χ3v) is 3.59. The molecule has 0 aliphatic rings. The maximum absolute atomic E-state index is 11.8. The van der Waals surface area contributed by atoms with Gasteiger partial charge in [-0.15, -0.1) is 0 Å². The van der Waals surface area contributed by atoms with Gasteiger partial charge in [-0.05, 0) is 25.2 Å². The van der Waals surface area contributed by atoms with Crippen molar-refractivity contribution in [2.24, 2.45) is 5.92 Å². The Morgan fingerprint density at radius 2 is 1.94 bits per heavy atom. The number of sulfonamides is 1. The standard InChI is InChI=1S/C10H20FNO4S/c1-8(2)7-9(10(13)14)12-17(15,16)6-4-3-5-11/h8-9,12H,3-7H2,1-2H3,(H,13,14)/t9-/m1/s1. The minimum Gasteiger partial charge on any atom is -0.480 e. The second kappa shape index (κ2) is 7.60. The minimum atomic E-state index is -3.64. The molecule has 7 heteroatoms. The summed E-state index contributed by atoms with van der Waals surface area (Å²) in [7, 11) is -3.64. The summed E-state index contributed by atoms with van der Waals surface area (Å²) in [6.07, 6.45) is 0.598. The van der Waals surface area contributed by atoms with Gasteiger partial charge in [0.05, 0.1) is 12.4 Å². The van der Waals surface area contributed by atoms with E-state index >= 15 is 0 Å². The van der Waals surface area contributed by atoms with E-state index in [4.69, 9.17) is 5.11 Å². The Morgan fingerprint density at radius 3 is 2.35 bits per heavy atom. The zero-order valence-electron chi connectivity index (χ0n) is 10.1. The van der Waals surface area contributed by atoms with E-state index in [0.29, 0.717) is 0 Å². The number of unbranched alkanes of at least 4 members (excludes halogenated alkanes) is 1. The van der Waals surface area contributed by atoms with Crippen molar-refractivity contribution in [2.45, 2.75) is 39.2 Å². The molecule has 0 heterocycles.